The molecule has 0 aliphatic heterocycles. The number of amides is 1. The molecule has 0 saturated heterocycles. The van der Waals surface area contributed by atoms with E-state index in [1.54, 1.807) is 24.3 Å². The molecule has 8 nitrogen and oxygen atoms in total. The smallest absolute Gasteiger partial charge is 0.271 e. The van der Waals surface area contributed by atoms with Crippen LogP contribution < -0.4 is 15.4 Å². The van der Waals surface area contributed by atoms with Crippen molar-refractivity contribution in [3.8, 4) is 5.75 Å². The van der Waals surface area contributed by atoms with Crippen LogP contribution in [0.4, 0.5) is 11.4 Å². The van der Waals surface area contributed by atoms with Crippen LogP contribution in [0.5, 0.6) is 5.75 Å². The summed E-state index contributed by atoms with van der Waals surface area (Å²) >= 11 is 11.1. The van der Waals surface area contributed by atoms with Gasteiger partial charge in [0, 0.05) is 24.3 Å². The Morgan fingerprint density at radius 2 is 1.93 bits per heavy atom. The number of carbonyl (C=O) groups is 1. The van der Waals surface area contributed by atoms with Gasteiger partial charge in [-0.3, -0.25) is 20.2 Å². The lowest BCUT2D eigenvalue weighted by Gasteiger charge is -2.11. The number of non-ortho nitro benzene ring substituents is 1. The van der Waals surface area contributed by atoms with Gasteiger partial charge in [0.15, 0.2) is 5.11 Å². The molecule has 148 valence electrons. The summed E-state index contributed by atoms with van der Waals surface area (Å²) < 4.78 is 10.7. The molecule has 10 heteroatoms. The van der Waals surface area contributed by atoms with Crippen LogP contribution in [0.1, 0.15) is 17.3 Å². The van der Waals surface area contributed by atoms with Crippen molar-refractivity contribution in [2.45, 2.75) is 6.92 Å². The summed E-state index contributed by atoms with van der Waals surface area (Å²) in [6, 6.07) is 10.4. The van der Waals surface area contributed by atoms with Crippen molar-refractivity contribution in [3.63, 3.8) is 0 Å². The van der Waals surface area contributed by atoms with Gasteiger partial charge in [-0.2, -0.15) is 0 Å². The lowest BCUT2D eigenvalue weighted by atomic mass is 10.2. The lowest BCUT2D eigenvalue weighted by molar-refractivity contribution is -0.384. The van der Waals surface area contributed by atoms with Gasteiger partial charge in [-0.25, -0.2) is 0 Å². The third-order valence-electron chi connectivity index (χ3n) is 3.46. The minimum atomic E-state index is -0.556. The van der Waals surface area contributed by atoms with Crippen LogP contribution >= 0.6 is 23.8 Å². The SMILES string of the molecule is CCOCCOc1ccc(C(=O)NC(=S)Nc2ccc([N+](=O)[O-])cc2Cl)cc1. The van der Waals surface area contributed by atoms with E-state index in [4.69, 9.17) is 33.3 Å². The van der Waals surface area contributed by atoms with E-state index in [1.165, 1.54) is 18.2 Å². The number of ether oxygens (including phenoxy) is 2. The number of hydrogen-bond acceptors (Lipinski definition) is 6. The molecule has 28 heavy (non-hydrogen) atoms. The van der Waals surface area contributed by atoms with E-state index in [2.05, 4.69) is 10.6 Å². The van der Waals surface area contributed by atoms with Gasteiger partial charge < -0.3 is 14.8 Å². The van der Waals surface area contributed by atoms with Gasteiger partial charge in [0.05, 0.1) is 22.2 Å². The maximum Gasteiger partial charge on any atom is 0.271 e. The van der Waals surface area contributed by atoms with Crippen molar-refractivity contribution in [3.05, 3.63) is 63.2 Å². The fraction of sp³-hybridized carbons (Fsp3) is 0.222. The topological polar surface area (TPSA) is 103 Å². The van der Waals surface area contributed by atoms with Crippen molar-refractivity contribution >= 4 is 46.2 Å². The quantitative estimate of drug-likeness (QED) is 0.288. The third-order valence-corrected chi connectivity index (χ3v) is 3.97. The number of nitro groups is 1. The van der Waals surface area contributed by atoms with Gasteiger partial charge >= 0.3 is 0 Å². The first kappa shape index (κ1) is 21.5. The molecule has 2 rings (SSSR count). The number of benzene rings is 2. The van der Waals surface area contributed by atoms with Crippen molar-refractivity contribution in [2.24, 2.45) is 0 Å². The lowest BCUT2D eigenvalue weighted by Crippen LogP contribution is -2.34. The molecule has 0 spiro atoms. The molecule has 0 fully saturated rings. The number of carbonyl (C=O) groups excluding carboxylic acids is 1. The highest BCUT2D eigenvalue weighted by Crippen LogP contribution is 2.26. The molecule has 0 aliphatic rings. The van der Waals surface area contributed by atoms with Gasteiger partial charge in [-0.15, -0.1) is 0 Å². The molecule has 1 amide bonds. The van der Waals surface area contributed by atoms with Gasteiger partial charge in [0.25, 0.3) is 11.6 Å². The molecule has 0 radical (unpaired) electrons. The molecule has 2 aromatic rings. The number of rotatable bonds is 8. The van der Waals surface area contributed by atoms with Gasteiger partial charge in [0.1, 0.15) is 12.4 Å². The molecule has 0 aromatic heterocycles. The predicted octanol–water partition coefficient (Wildman–Crippen LogP) is 3.79. The maximum absolute atomic E-state index is 12.3. The summed E-state index contributed by atoms with van der Waals surface area (Å²) in [6.45, 7) is 3.44. The zero-order valence-electron chi connectivity index (χ0n) is 14.9. The molecule has 0 saturated carbocycles. The fourth-order valence-electron chi connectivity index (χ4n) is 2.11. The highest BCUT2D eigenvalue weighted by atomic mass is 35.5. The number of nitro benzene ring substituents is 1. The number of anilines is 1. The normalized spacial score (nSPS) is 10.2. The summed E-state index contributed by atoms with van der Waals surface area (Å²) in [7, 11) is 0. The maximum atomic E-state index is 12.3. The Morgan fingerprint density at radius 3 is 2.54 bits per heavy atom. The van der Waals surface area contributed by atoms with Gasteiger partial charge in [-0.05, 0) is 49.5 Å². The highest BCUT2D eigenvalue weighted by Gasteiger charge is 2.12. The largest absolute Gasteiger partial charge is 0.491 e. The number of thiocarbonyl (C=S) groups is 1. The van der Waals surface area contributed by atoms with Crippen LogP contribution in [0.2, 0.25) is 5.02 Å². The van der Waals surface area contributed by atoms with Gasteiger partial charge in [-0.1, -0.05) is 11.6 Å². The van der Waals surface area contributed by atoms with E-state index < -0.39 is 10.8 Å². The van der Waals surface area contributed by atoms with Crippen LogP contribution in [0.25, 0.3) is 0 Å². The average Bonchev–Trinajstić information content (AvgIpc) is 2.67. The molecule has 2 aromatic carbocycles. The van der Waals surface area contributed by atoms with Crippen LogP contribution in [0, 0.1) is 10.1 Å². The molecular weight excluding hydrogens is 406 g/mol. The van der Waals surface area contributed by atoms with Crippen molar-refractivity contribution in [1.82, 2.24) is 5.32 Å². The van der Waals surface area contributed by atoms with Crippen LogP contribution in [0.3, 0.4) is 0 Å². The monoisotopic (exact) mass is 423 g/mol. The Morgan fingerprint density at radius 1 is 1.21 bits per heavy atom. The van der Waals surface area contributed by atoms with E-state index >= 15 is 0 Å². The number of halogens is 1. The van der Waals surface area contributed by atoms with Crippen molar-refractivity contribution < 1.29 is 19.2 Å². The van der Waals surface area contributed by atoms with E-state index in [9.17, 15) is 14.9 Å². The molecule has 0 bridgehead atoms. The van der Waals surface area contributed by atoms with E-state index in [-0.39, 0.29) is 15.8 Å². The van der Waals surface area contributed by atoms with E-state index in [0.717, 1.165) is 0 Å². The summed E-state index contributed by atoms with van der Waals surface area (Å²) in [5.41, 5.74) is 0.584. The van der Waals surface area contributed by atoms with Crippen LogP contribution in [-0.2, 0) is 4.74 Å². The second kappa shape index (κ2) is 10.5. The Labute approximate surface area is 171 Å². The Hall–Kier alpha value is -2.75. The Bertz CT molecular complexity index is 861. The summed E-state index contributed by atoms with van der Waals surface area (Å²) in [5, 5.41) is 16.1. The standard InChI is InChI=1S/C18H18ClN3O5S/c1-2-26-9-10-27-14-6-3-12(4-7-14)17(23)21-18(28)20-16-8-5-13(22(24)25)11-15(16)19/h3-8,11H,2,9-10H2,1H3,(H2,20,21,23,28). The van der Waals surface area contributed by atoms with Crippen LogP contribution in [0.15, 0.2) is 42.5 Å². The molecule has 0 atom stereocenters. The first-order chi connectivity index (χ1) is 13.4. The second-order valence-electron chi connectivity index (χ2n) is 5.40. The van der Waals surface area contributed by atoms with Crippen molar-refractivity contribution in [1.29, 1.82) is 0 Å². The zero-order valence-corrected chi connectivity index (χ0v) is 16.5. The summed E-state index contributed by atoms with van der Waals surface area (Å²) in [6.07, 6.45) is 0. The Kier molecular flexibility index (Phi) is 8.12. The molecule has 0 aliphatic carbocycles. The third kappa shape index (κ3) is 6.45. The first-order valence-electron chi connectivity index (χ1n) is 8.27. The number of nitrogens with zero attached hydrogens (tertiary/aromatic N) is 1. The average molecular weight is 424 g/mol. The number of nitrogens with one attached hydrogen (secondary N) is 2. The minimum absolute atomic E-state index is 0.0118. The summed E-state index contributed by atoms with van der Waals surface area (Å²) in [4.78, 5) is 22.4. The van der Waals surface area contributed by atoms with Crippen molar-refractivity contribution in [2.75, 3.05) is 25.1 Å². The van der Waals surface area contributed by atoms with Gasteiger partial charge in [0.2, 0.25) is 0 Å². The van der Waals surface area contributed by atoms with Crippen LogP contribution in [-0.4, -0.2) is 35.8 Å². The van der Waals surface area contributed by atoms with E-state index in [1.807, 2.05) is 6.92 Å². The predicted molar refractivity (Wildman–Crippen MR) is 110 cm³/mol. The molecule has 2 N–H and O–H groups in total. The first-order valence-corrected chi connectivity index (χ1v) is 9.06. The zero-order chi connectivity index (χ0) is 20.5. The number of hydrogen-bond donors (Lipinski definition) is 2. The highest BCUT2D eigenvalue weighted by molar-refractivity contribution is 7.80. The minimum Gasteiger partial charge on any atom is -0.491 e. The van der Waals surface area contributed by atoms with E-state index in [0.29, 0.717) is 36.8 Å². The fourth-order valence-corrected chi connectivity index (χ4v) is 2.54. The molecule has 0 heterocycles. The molecular formula is C18H18ClN3O5S. The second-order valence-corrected chi connectivity index (χ2v) is 6.21. The Balaban J connectivity index is 1.90. The molecule has 0 unspecified atom stereocenters. The summed E-state index contributed by atoms with van der Waals surface area (Å²) in [5.74, 6) is 0.200.